The zero-order valence-electron chi connectivity index (χ0n) is 7.36. The van der Waals surface area contributed by atoms with Crippen molar-refractivity contribution in [3.8, 4) is 0 Å². The summed E-state index contributed by atoms with van der Waals surface area (Å²) in [5, 5.41) is 4.14. The third-order valence-corrected chi connectivity index (χ3v) is 2.34. The zero-order chi connectivity index (χ0) is 9.52. The SMILES string of the molecule is NC(=O)CCOCCc1ccsc1. The Morgan fingerprint density at radius 2 is 2.38 bits per heavy atom. The van der Waals surface area contributed by atoms with Crippen LogP contribution in [0.25, 0.3) is 0 Å². The lowest BCUT2D eigenvalue weighted by atomic mass is 10.3. The highest BCUT2D eigenvalue weighted by atomic mass is 32.1. The minimum Gasteiger partial charge on any atom is -0.381 e. The van der Waals surface area contributed by atoms with Gasteiger partial charge in [0.25, 0.3) is 0 Å². The number of hydrogen-bond acceptors (Lipinski definition) is 3. The van der Waals surface area contributed by atoms with Crippen molar-refractivity contribution in [3.05, 3.63) is 22.4 Å². The Morgan fingerprint density at radius 1 is 1.54 bits per heavy atom. The molecule has 1 rings (SSSR count). The van der Waals surface area contributed by atoms with Crippen molar-refractivity contribution in [3.63, 3.8) is 0 Å². The number of ether oxygens (including phenoxy) is 1. The summed E-state index contributed by atoms with van der Waals surface area (Å²) in [4.78, 5) is 10.3. The van der Waals surface area contributed by atoms with Crippen LogP contribution in [0.4, 0.5) is 0 Å². The van der Waals surface area contributed by atoms with E-state index in [1.807, 2.05) is 5.38 Å². The van der Waals surface area contributed by atoms with Crippen LogP contribution in [-0.2, 0) is 16.0 Å². The molecule has 0 saturated carbocycles. The molecule has 0 spiro atoms. The highest BCUT2D eigenvalue weighted by molar-refractivity contribution is 7.07. The summed E-state index contributed by atoms with van der Waals surface area (Å²) < 4.78 is 5.22. The minimum atomic E-state index is -0.310. The number of carbonyl (C=O) groups excluding carboxylic acids is 1. The van der Waals surface area contributed by atoms with E-state index in [1.165, 1.54) is 5.56 Å². The third-order valence-electron chi connectivity index (χ3n) is 1.61. The molecule has 0 aliphatic rings. The Morgan fingerprint density at radius 3 is 3.00 bits per heavy atom. The van der Waals surface area contributed by atoms with Crippen molar-refractivity contribution in [2.45, 2.75) is 12.8 Å². The van der Waals surface area contributed by atoms with Gasteiger partial charge in [0, 0.05) is 6.42 Å². The number of primary amides is 1. The van der Waals surface area contributed by atoms with E-state index in [-0.39, 0.29) is 5.91 Å². The molecule has 0 unspecified atom stereocenters. The van der Waals surface area contributed by atoms with E-state index in [1.54, 1.807) is 11.3 Å². The van der Waals surface area contributed by atoms with Crippen LogP contribution in [-0.4, -0.2) is 19.1 Å². The van der Waals surface area contributed by atoms with E-state index < -0.39 is 0 Å². The molecule has 0 aromatic carbocycles. The van der Waals surface area contributed by atoms with E-state index in [4.69, 9.17) is 10.5 Å². The Hall–Kier alpha value is -0.870. The van der Waals surface area contributed by atoms with E-state index >= 15 is 0 Å². The van der Waals surface area contributed by atoms with Crippen LogP contribution in [0.15, 0.2) is 16.8 Å². The fourth-order valence-electron chi connectivity index (χ4n) is 0.900. The summed E-state index contributed by atoms with van der Waals surface area (Å²) in [6, 6.07) is 2.07. The molecule has 0 bridgehead atoms. The Bertz CT molecular complexity index is 246. The smallest absolute Gasteiger partial charge is 0.219 e. The number of nitrogens with two attached hydrogens (primary N) is 1. The first-order valence-corrected chi connectivity index (χ1v) is 5.10. The van der Waals surface area contributed by atoms with Gasteiger partial charge in [-0.1, -0.05) is 0 Å². The quantitative estimate of drug-likeness (QED) is 0.699. The molecule has 0 saturated heterocycles. The van der Waals surface area contributed by atoms with E-state index in [9.17, 15) is 4.79 Å². The van der Waals surface area contributed by atoms with Crippen molar-refractivity contribution in [2.24, 2.45) is 5.73 Å². The molecule has 0 fully saturated rings. The Labute approximate surface area is 81.5 Å². The Balaban J connectivity index is 1.99. The van der Waals surface area contributed by atoms with Gasteiger partial charge in [-0.3, -0.25) is 4.79 Å². The predicted molar refractivity (Wildman–Crippen MR) is 52.7 cm³/mol. The summed E-state index contributed by atoms with van der Waals surface area (Å²) in [5.74, 6) is -0.310. The molecule has 72 valence electrons. The highest BCUT2D eigenvalue weighted by Gasteiger charge is 1.95. The average Bonchev–Trinajstić information content (AvgIpc) is 2.55. The topological polar surface area (TPSA) is 52.3 Å². The lowest BCUT2D eigenvalue weighted by molar-refractivity contribution is -0.119. The molecule has 13 heavy (non-hydrogen) atoms. The standard InChI is InChI=1S/C9H13NO2S/c10-9(11)2-5-12-4-1-8-3-6-13-7-8/h3,6-7H,1-2,4-5H2,(H2,10,11). The van der Waals surface area contributed by atoms with Gasteiger partial charge in [0.2, 0.25) is 5.91 Å². The monoisotopic (exact) mass is 199 g/mol. The van der Waals surface area contributed by atoms with Gasteiger partial charge in [0.1, 0.15) is 0 Å². The van der Waals surface area contributed by atoms with Gasteiger partial charge in [0.15, 0.2) is 0 Å². The maximum absolute atomic E-state index is 10.3. The van der Waals surface area contributed by atoms with Gasteiger partial charge in [-0.05, 0) is 28.8 Å². The molecule has 0 atom stereocenters. The maximum Gasteiger partial charge on any atom is 0.219 e. The summed E-state index contributed by atoms with van der Waals surface area (Å²) in [6.45, 7) is 1.09. The van der Waals surface area contributed by atoms with Crippen molar-refractivity contribution < 1.29 is 9.53 Å². The molecule has 1 amide bonds. The number of hydrogen-bond donors (Lipinski definition) is 1. The zero-order valence-corrected chi connectivity index (χ0v) is 8.18. The molecule has 3 nitrogen and oxygen atoms in total. The molecule has 4 heteroatoms. The van der Waals surface area contributed by atoms with Gasteiger partial charge >= 0.3 is 0 Å². The summed E-state index contributed by atoms with van der Waals surface area (Å²) in [5.41, 5.74) is 6.23. The van der Waals surface area contributed by atoms with Crippen molar-refractivity contribution in [2.75, 3.05) is 13.2 Å². The molecule has 0 radical (unpaired) electrons. The van der Waals surface area contributed by atoms with Crippen LogP contribution in [0.2, 0.25) is 0 Å². The molecule has 1 aromatic heterocycles. The van der Waals surface area contributed by atoms with Crippen LogP contribution in [0.3, 0.4) is 0 Å². The van der Waals surface area contributed by atoms with Crippen LogP contribution in [0.1, 0.15) is 12.0 Å². The molecule has 0 aliphatic heterocycles. The molecular weight excluding hydrogens is 186 g/mol. The fraction of sp³-hybridized carbons (Fsp3) is 0.444. The fourth-order valence-corrected chi connectivity index (χ4v) is 1.60. The highest BCUT2D eigenvalue weighted by Crippen LogP contribution is 2.06. The summed E-state index contributed by atoms with van der Waals surface area (Å²) in [6.07, 6.45) is 1.21. The molecule has 1 aromatic rings. The first-order valence-electron chi connectivity index (χ1n) is 4.16. The van der Waals surface area contributed by atoms with Crippen LogP contribution in [0, 0.1) is 0 Å². The second-order valence-corrected chi connectivity index (χ2v) is 3.49. The van der Waals surface area contributed by atoms with Gasteiger partial charge in [-0.25, -0.2) is 0 Å². The van der Waals surface area contributed by atoms with E-state index in [2.05, 4.69) is 11.4 Å². The first kappa shape index (κ1) is 10.2. The summed E-state index contributed by atoms with van der Waals surface area (Å²) in [7, 11) is 0. The normalized spacial score (nSPS) is 10.2. The van der Waals surface area contributed by atoms with E-state index in [0.29, 0.717) is 19.6 Å². The van der Waals surface area contributed by atoms with Gasteiger partial charge in [-0.15, -0.1) is 0 Å². The minimum absolute atomic E-state index is 0.309. The van der Waals surface area contributed by atoms with Gasteiger partial charge < -0.3 is 10.5 Å². The molecule has 0 aliphatic carbocycles. The average molecular weight is 199 g/mol. The second-order valence-electron chi connectivity index (χ2n) is 2.71. The lowest BCUT2D eigenvalue weighted by Crippen LogP contribution is -2.14. The van der Waals surface area contributed by atoms with Crippen LogP contribution >= 0.6 is 11.3 Å². The van der Waals surface area contributed by atoms with Gasteiger partial charge in [0.05, 0.1) is 13.2 Å². The van der Waals surface area contributed by atoms with Gasteiger partial charge in [-0.2, -0.15) is 11.3 Å². The van der Waals surface area contributed by atoms with Crippen LogP contribution < -0.4 is 5.73 Å². The lowest BCUT2D eigenvalue weighted by Gasteiger charge is -2.00. The second kappa shape index (κ2) is 5.72. The van der Waals surface area contributed by atoms with Crippen molar-refractivity contribution in [1.82, 2.24) is 0 Å². The number of rotatable bonds is 6. The number of carbonyl (C=O) groups is 1. The largest absolute Gasteiger partial charge is 0.381 e. The first-order chi connectivity index (χ1) is 6.29. The Kier molecular flexibility index (Phi) is 4.49. The predicted octanol–water partition coefficient (Wildman–Crippen LogP) is 1.18. The molecule has 2 N–H and O–H groups in total. The van der Waals surface area contributed by atoms with Crippen molar-refractivity contribution >= 4 is 17.2 Å². The maximum atomic E-state index is 10.3. The van der Waals surface area contributed by atoms with Crippen molar-refractivity contribution in [1.29, 1.82) is 0 Å². The number of amides is 1. The third kappa shape index (κ3) is 4.65. The van der Waals surface area contributed by atoms with E-state index in [0.717, 1.165) is 6.42 Å². The van der Waals surface area contributed by atoms with Crippen LogP contribution in [0.5, 0.6) is 0 Å². The number of thiophene rings is 1. The summed E-state index contributed by atoms with van der Waals surface area (Å²) >= 11 is 1.68. The molecular formula is C9H13NO2S. The molecule has 1 heterocycles.